The Morgan fingerprint density at radius 3 is 2.59 bits per heavy atom. The van der Waals surface area contributed by atoms with E-state index < -0.39 is 17.8 Å². The molecule has 1 aliphatic rings. The van der Waals surface area contributed by atoms with Gasteiger partial charge in [0.25, 0.3) is 0 Å². The van der Waals surface area contributed by atoms with Gasteiger partial charge >= 0.3 is 5.97 Å². The summed E-state index contributed by atoms with van der Waals surface area (Å²) in [4.78, 5) is 11.2. The first-order valence-corrected chi connectivity index (χ1v) is 7.60. The fourth-order valence-electron chi connectivity index (χ4n) is 2.84. The third-order valence-electron chi connectivity index (χ3n) is 4.21. The van der Waals surface area contributed by atoms with E-state index in [0.717, 1.165) is 18.4 Å². The molecule has 0 radical (unpaired) electrons. The van der Waals surface area contributed by atoms with Crippen LogP contribution in [0.5, 0.6) is 11.5 Å². The second kappa shape index (κ2) is 7.22. The van der Waals surface area contributed by atoms with Gasteiger partial charge in [-0.05, 0) is 43.4 Å². The summed E-state index contributed by atoms with van der Waals surface area (Å²) in [5, 5.41) is 9.19. The van der Waals surface area contributed by atoms with Gasteiger partial charge in [-0.15, -0.1) is 6.42 Å². The van der Waals surface area contributed by atoms with Gasteiger partial charge in [0.05, 0.1) is 25.0 Å². The van der Waals surface area contributed by atoms with E-state index in [1.54, 1.807) is 20.1 Å². The Kier molecular flexibility index (Phi) is 5.32. The van der Waals surface area contributed by atoms with Crippen LogP contribution in [0.3, 0.4) is 0 Å². The maximum atomic E-state index is 11.2. The van der Waals surface area contributed by atoms with Crippen LogP contribution < -0.4 is 9.47 Å². The monoisotopic (exact) mass is 302 g/mol. The highest BCUT2D eigenvalue weighted by molar-refractivity contribution is 5.72. The quantitative estimate of drug-likeness (QED) is 0.818. The molecule has 1 fully saturated rings. The van der Waals surface area contributed by atoms with Crippen molar-refractivity contribution in [1.29, 1.82) is 0 Å². The van der Waals surface area contributed by atoms with Crippen LogP contribution in [-0.4, -0.2) is 24.3 Å². The molecule has 0 spiro atoms. The molecule has 1 N–H and O–H groups in total. The minimum atomic E-state index is -0.906. The zero-order chi connectivity index (χ0) is 16.1. The van der Waals surface area contributed by atoms with E-state index in [4.69, 9.17) is 15.9 Å². The summed E-state index contributed by atoms with van der Waals surface area (Å²) in [7, 11) is 1.59. The van der Waals surface area contributed by atoms with Crippen molar-refractivity contribution in [2.75, 3.05) is 7.11 Å². The molecule has 4 heteroatoms. The Morgan fingerprint density at radius 2 is 2.05 bits per heavy atom. The largest absolute Gasteiger partial charge is 0.493 e. The summed E-state index contributed by atoms with van der Waals surface area (Å²) in [6.45, 7) is 1.62. The number of carbonyl (C=O) groups is 1. The van der Waals surface area contributed by atoms with Gasteiger partial charge in [-0.3, -0.25) is 4.79 Å². The van der Waals surface area contributed by atoms with Crippen LogP contribution >= 0.6 is 0 Å². The summed E-state index contributed by atoms with van der Waals surface area (Å²) in [6.07, 6.45) is 10.2. The van der Waals surface area contributed by atoms with Crippen LogP contribution in [0.4, 0.5) is 0 Å². The van der Waals surface area contributed by atoms with E-state index in [0.29, 0.717) is 11.5 Å². The molecular formula is C18H22O4. The van der Waals surface area contributed by atoms with Gasteiger partial charge in [0, 0.05) is 0 Å². The first-order chi connectivity index (χ1) is 10.6. The van der Waals surface area contributed by atoms with E-state index in [-0.39, 0.29) is 6.10 Å². The molecule has 1 aromatic rings. The molecule has 118 valence electrons. The number of methoxy groups -OCH3 is 1. The normalized spacial score (nSPS) is 17.5. The smallest absolute Gasteiger partial charge is 0.307 e. The lowest BCUT2D eigenvalue weighted by molar-refractivity contribution is -0.141. The Labute approximate surface area is 131 Å². The summed E-state index contributed by atoms with van der Waals surface area (Å²) < 4.78 is 11.4. The highest BCUT2D eigenvalue weighted by Crippen LogP contribution is 2.35. The van der Waals surface area contributed by atoms with Gasteiger partial charge < -0.3 is 14.6 Å². The van der Waals surface area contributed by atoms with Crippen molar-refractivity contribution in [2.45, 2.75) is 44.6 Å². The van der Waals surface area contributed by atoms with E-state index >= 15 is 0 Å². The van der Waals surface area contributed by atoms with Gasteiger partial charge in [0.2, 0.25) is 0 Å². The lowest BCUT2D eigenvalue weighted by atomic mass is 9.88. The van der Waals surface area contributed by atoms with Crippen molar-refractivity contribution >= 4 is 5.97 Å². The van der Waals surface area contributed by atoms with Gasteiger partial charge in [0.1, 0.15) is 0 Å². The summed E-state index contributed by atoms with van der Waals surface area (Å²) in [5.41, 5.74) is 0.770. The predicted molar refractivity (Wildman–Crippen MR) is 84.3 cm³/mol. The summed E-state index contributed by atoms with van der Waals surface area (Å²) >= 11 is 0. The second-order valence-electron chi connectivity index (χ2n) is 5.71. The fourth-order valence-corrected chi connectivity index (χ4v) is 2.84. The average Bonchev–Trinajstić information content (AvgIpc) is 3.01. The van der Waals surface area contributed by atoms with E-state index in [9.17, 15) is 9.90 Å². The molecule has 0 saturated heterocycles. The number of hydrogen-bond acceptors (Lipinski definition) is 3. The van der Waals surface area contributed by atoms with Crippen LogP contribution in [0.1, 0.15) is 44.1 Å². The second-order valence-corrected chi connectivity index (χ2v) is 5.71. The van der Waals surface area contributed by atoms with Crippen molar-refractivity contribution in [3.8, 4) is 23.8 Å². The van der Waals surface area contributed by atoms with Gasteiger partial charge in [0.15, 0.2) is 11.5 Å². The molecule has 0 heterocycles. The Hall–Kier alpha value is -2.15. The lowest BCUT2D eigenvalue weighted by Crippen LogP contribution is -2.18. The maximum absolute atomic E-state index is 11.2. The Bertz CT molecular complexity index is 567. The van der Waals surface area contributed by atoms with E-state index in [1.165, 1.54) is 12.8 Å². The average molecular weight is 302 g/mol. The minimum absolute atomic E-state index is 0.199. The number of carboxylic acid groups (broad SMARTS) is 1. The number of ether oxygens (including phenoxy) is 2. The van der Waals surface area contributed by atoms with E-state index in [2.05, 4.69) is 5.92 Å². The highest BCUT2D eigenvalue weighted by atomic mass is 16.5. The highest BCUT2D eigenvalue weighted by Gasteiger charge is 2.25. The standard InChI is InChI=1S/C18H22O4/c1-4-15(12(2)18(19)20)13-9-10-16(21-3)17(11-13)22-14-7-5-6-8-14/h1,9-12,14-15H,5-8H2,2-3H3,(H,19,20). The Morgan fingerprint density at radius 1 is 1.36 bits per heavy atom. The lowest BCUT2D eigenvalue weighted by Gasteiger charge is -2.20. The molecule has 0 aliphatic heterocycles. The zero-order valence-electron chi connectivity index (χ0n) is 13.0. The molecule has 4 nitrogen and oxygen atoms in total. The molecule has 1 aliphatic carbocycles. The van der Waals surface area contributed by atoms with Gasteiger partial charge in [-0.1, -0.05) is 18.9 Å². The maximum Gasteiger partial charge on any atom is 0.307 e. The molecule has 2 rings (SSSR count). The fraction of sp³-hybridized carbons (Fsp3) is 0.500. The Balaban J connectivity index is 2.28. The molecule has 2 unspecified atom stereocenters. The van der Waals surface area contributed by atoms with Crippen molar-refractivity contribution < 1.29 is 19.4 Å². The number of aliphatic carboxylic acids is 1. The summed E-state index contributed by atoms with van der Waals surface area (Å²) in [6, 6.07) is 5.42. The molecule has 2 atom stereocenters. The molecule has 1 saturated carbocycles. The van der Waals surface area contributed by atoms with Gasteiger partial charge in [-0.25, -0.2) is 0 Å². The molecule has 0 amide bonds. The molecular weight excluding hydrogens is 280 g/mol. The number of carboxylic acids is 1. The predicted octanol–water partition coefficient (Wildman–Crippen LogP) is 3.45. The topological polar surface area (TPSA) is 55.8 Å². The first kappa shape index (κ1) is 16.2. The molecule has 0 aromatic heterocycles. The van der Waals surface area contributed by atoms with Crippen molar-refractivity contribution in [3.05, 3.63) is 23.8 Å². The van der Waals surface area contributed by atoms with Crippen LogP contribution in [-0.2, 0) is 4.79 Å². The molecule has 22 heavy (non-hydrogen) atoms. The van der Waals surface area contributed by atoms with Crippen LogP contribution in [0, 0.1) is 18.3 Å². The molecule has 0 bridgehead atoms. The van der Waals surface area contributed by atoms with Crippen LogP contribution in [0.25, 0.3) is 0 Å². The first-order valence-electron chi connectivity index (χ1n) is 7.60. The van der Waals surface area contributed by atoms with Crippen LogP contribution in [0.15, 0.2) is 18.2 Å². The van der Waals surface area contributed by atoms with E-state index in [1.807, 2.05) is 12.1 Å². The van der Waals surface area contributed by atoms with Crippen molar-refractivity contribution in [2.24, 2.45) is 5.92 Å². The van der Waals surface area contributed by atoms with Gasteiger partial charge in [-0.2, -0.15) is 0 Å². The van der Waals surface area contributed by atoms with Crippen molar-refractivity contribution in [1.82, 2.24) is 0 Å². The minimum Gasteiger partial charge on any atom is -0.493 e. The number of benzene rings is 1. The zero-order valence-corrected chi connectivity index (χ0v) is 13.0. The molecule has 1 aromatic carbocycles. The third-order valence-corrected chi connectivity index (χ3v) is 4.21. The SMILES string of the molecule is C#CC(c1ccc(OC)c(OC2CCCC2)c1)C(C)C(=O)O. The number of hydrogen-bond donors (Lipinski definition) is 1. The summed E-state index contributed by atoms with van der Waals surface area (Å²) in [5.74, 6) is 1.82. The van der Waals surface area contributed by atoms with Crippen molar-refractivity contribution in [3.63, 3.8) is 0 Å². The number of rotatable bonds is 6. The third kappa shape index (κ3) is 3.54. The van der Waals surface area contributed by atoms with Crippen LogP contribution in [0.2, 0.25) is 0 Å². The number of terminal acetylenes is 1.